The van der Waals surface area contributed by atoms with Crippen LogP contribution in [0.3, 0.4) is 0 Å². The van der Waals surface area contributed by atoms with Crippen LogP contribution >= 0.6 is 10.0 Å². The molecule has 6 heteroatoms. The lowest BCUT2D eigenvalue weighted by molar-refractivity contribution is -0.139. The van der Waals surface area contributed by atoms with Crippen LogP contribution in [0.4, 0.5) is 0 Å². The van der Waals surface area contributed by atoms with Crippen LogP contribution in [-0.2, 0) is 17.2 Å². The van der Waals surface area contributed by atoms with E-state index in [1.807, 2.05) is 13.8 Å². The Hall–Kier alpha value is -0.238. The minimum absolute atomic E-state index is 0.307. The first-order chi connectivity index (χ1) is 6.60. The molecule has 0 amide bonds. The molecule has 0 heterocycles. The molecule has 0 saturated carbocycles. The summed E-state index contributed by atoms with van der Waals surface area (Å²) in [5, 5.41) is 0. The highest BCUT2D eigenvalue weighted by Gasteiger charge is 2.34. The Kier molecular flexibility index (Phi) is 7.96. The van der Waals surface area contributed by atoms with E-state index in [9.17, 15) is 9.59 Å². The van der Waals surface area contributed by atoms with E-state index in [2.05, 4.69) is 0 Å². The van der Waals surface area contributed by atoms with Crippen LogP contribution in [0.25, 0.3) is 0 Å². The fraction of sp³-hybridized carbons (Fsp3) is 0.750. The predicted octanol–water partition coefficient (Wildman–Crippen LogP) is 1.90. The minimum atomic E-state index is -2.61. The van der Waals surface area contributed by atoms with Gasteiger partial charge in [-0.1, -0.05) is 13.8 Å². The zero-order valence-electron chi connectivity index (χ0n) is 8.42. The summed E-state index contributed by atoms with van der Waals surface area (Å²) in [6, 6.07) is 0. The van der Waals surface area contributed by atoms with Crippen molar-refractivity contribution in [1.29, 1.82) is 0 Å². The van der Waals surface area contributed by atoms with Gasteiger partial charge in [0.05, 0.1) is 0 Å². The van der Waals surface area contributed by atoms with Crippen LogP contribution in [0, 0.1) is 0 Å². The summed E-state index contributed by atoms with van der Waals surface area (Å²) >= 11 is -2.61. The molecule has 0 fully saturated rings. The quantitative estimate of drug-likeness (QED) is 0.661. The Morgan fingerprint density at radius 1 is 1.07 bits per heavy atom. The maximum absolute atomic E-state index is 10.9. The first-order valence-electron chi connectivity index (χ1n) is 4.63. The van der Waals surface area contributed by atoms with Crippen LogP contribution in [0.2, 0.25) is 0 Å². The summed E-state index contributed by atoms with van der Waals surface area (Å²) in [5.74, 6) is -0.799. The Labute approximate surface area is 92.8 Å². The third-order valence-electron chi connectivity index (χ3n) is 1.36. The lowest BCUT2D eigenvalue weighted by Crippen LogP contribution is -2.23. The van der Waals surface area contributed by atoms with Gasteiger partial charge in [0.2, 0.25) is 0 Å². The molecule has 0 radical (unpaired) electrons. The normalized spacial score (nSPS) is 9.36. The van der Waals surface area contributed by atoms with Gasteiger partial charge >= 0.3 is 13.9 Å². The highest BCUT2D eigenvalue weighted by molar-refractivity contribution is 7.00. The molecule has 0 aliphatic heterocycles. The molecule has 0 aromatic heterocycles. The molecule has 0 unspecified atom stereocenters. The van der Waals surface area contributed by atoms with Gasteiger partial charge in [0, 0.05) is 12.8 Å². The van der Waals surface area contributed by atoms with Crippen LogP contribution in [0.1, 0.15) is 39.5 Å². The second kappa shape index (κ2) is 8.10. The van der Waals surface area contributed by atoms with E-state index in [1.54, 1.807) is 0 Å². The lowest BCUT2D eigenvalue weighted by atomic mass is 10.4. The minimum Gasteiger partial charge on any atom is -0.573 e. The van der Waals surface area contributed by atoms with E-state index in [4.69, 9.17) is 17.6 Å². The molecule has 0 saturated heterocycles. The molecule has 0 atom stereocenters. The van der Waals surface area contributed by atoms with Crippen molar-refractivity contribution >= 4 is 35.9 Å². The largest absolute Gasteiger partial charge is 1.00 e. The maximum atomic E-state index is 10.9. The predicted molar refractivity (Wildman–Crippen MR) is 53.6 cm³/mol. The topological polar surface area (TPSA) is 52.6 Å². The van der Waals surface area contributed by atoms with Crippen molar-refractivity contribution in [1.82, 2.24) is 0 Å². The van der Waals surface area contributed by atoms with Crippen LogP contribution in [-0.4, -0.2) is 25.8 Å². The Balaban J connectivity index is 3.68. The van der Waals surface area contributed by atoms with E-state index in [1.165, 1.54) is 0 Å². The first-order valence-corrected chi connectivity index (χ1v) is 7.32. The number of hydrogen-bond donors (Lipinski definition) is 0. The van der Waals surface area contributed by atoms with Crippen LogP contribution in [0.5, 0.6) is 0 Å². The summed E-state index contributed by atoms with van der Waals surface area (Å²) in [6.45, 7) is 3.71. The van der Waals surface area contributed by atoms with Crippen molar-refractivity contribution in [2.75, 3.05) is 0 Å². The van der Waals surface area contributed by atoms with Gasteiger partial charge in [-0.05, 0) is 12.8 Å². The molecule has 80 valence electrons. The van der Waals surface area contributed by atoms with Crippen LogP contribution < -0.4 is 0 Å². The molecule has 0 aromatic carbocycles. The molecule has 0 aliphatic rings. The molecule has 4 nitrogen and oxygen atoms in total. The summed E-state index contributed by atoms with van der Waals surface area (Å²) in [5.41, 5.74) is 0. The van der Waals surface area contributed by atoms with Gasteiger partial charge in [0.1, 0.15) is 0 Å². The highest BCUT2D eigenvalue weighted by Crippen LogP contribution is 2.02. The van der Waals surface area contributed by atoms with Gasteiger partial charge in [-0.2, -0.15) is 10.0 Å². The van der Waals surface area contributed by atoms with Gasteiger partial charge < -0.3 is 7.58 Å². The number of hydrogen-bond acceptors (Lipinski definition) is 4. The maximum Gasteiger partial charge on any atom is 1.00 e. The standard InChI is InChI=1S/2C4H8O2.Al.ClH/c2*1-2-3-4(5)6;;/h2*2-3H2,1H3,(H,5,6);;1H/q;;+3;/p-3. The molecule has 0 spiro atoms. The van der Waals surface area contributed by atoms with Crippen molar-refractivity contribution in [2.24, 2.45) is 0 Å². The van der Waals surface area contributed by atoms with E-state index in [0.717, 1.165) is 0 Å². The van der Waals surface area contributed by atoms with E-state index >= 15 is 0 Å². The van der Waals surface area contributed by atoms with Crippen molar-refractivity contribution < 1.29 is 17.2 Å². The molecule has 0 rings (SSSR count). The second-order valence-corrected chi connectivity index (χ2v) is 4.84. The van der Waals surface area contributed by atoms with Gasteiger partial charge in [-0.25, -0.2) is 0 Å². The Morgan fingerprint density at radius 3 is 1.71 bits per heavy atom. The Morgan fingerprint density at radius 2 is 1.43 bits per heavy atom. The van der Waals surface area contributed by atoms with Gasteiger partial charge in [0.25, 0.3) is 11.9 Å². The molecule has 0 aliphatic carbocycles. The number of rotatable bonds is 6. The van der Waals surface area contributed by atoms with Crippen LogP contribution in [0.15, 0.2) is 0 Å². The average molecular weight is 237 g/mol. The summed E-state index contributed by atoms with van der Waals surface area (Å²) in [4.78, 5) is 21.9. The number of halogens is 1. The Bertz CT molecular complexity index is 178. The SMILES string of the molecule is CCCC(=O)[O][Al]([Cl])[O]C(=O)CCC. The number of carbonyl (C=O) groups excluding carboxylic acids is 2. The molecule has 0 bridgehead atoms. The molecular weight excluding hydrogens is 223 g/mol. The van der Waals surface area contributed by atoms with E-state index in [0.29, 0.717) is 25.7 Å². The number of carbonyl (C=O) groups is 2. The molecule has 0 aromatic rings. The molecular formula is C8H14AlClO4. The highest BCUT2D eigenvalue weighted by atomic mass is 35.6. The third kappa shape index (κ3) is 7.19. The van der Waals surface area contributed by atoms with Crippen molar-refractivity contribution in [3.63, 3.8) is 0 Å². The van der Waals surface area contributed by atoms with Gasteiger partial charge in [-0.15, -0.1) is 0 Å². The smallest absolute Gasteiger partial charge is 0.573 e. The first kappa shape index (κ1) is 13.8. The second-order valence-electron chi connectivity index (χ2n) is 2.75. The fourth-order valence-electron chi connectivity index (χ4n) is 0.757. The lowest BCUT2D eigenvalue weighted by Gasteiger charge is -2.07. The van der Waals surface area contributed by atoms with E-state index < -0.39 is 25.8 Å². The summed E-state index contributed by atoms with van der Waals surface area (Å²) in [6.07, 6.45) is 2.00. The average Bonchev–Trinajstić information content (AvgIpc) is 2.03. The van der Waals surface area contributed by atoms with Crippen molar-refractivity contribution in [3.8, 4) is 0 Å². The van der Waals surface area contributed by atoms with Gasteiger partial charge in [0.15, 0.2) is 0 Å². The summed E-state index contributed by atoms with van der Waals surface area (Å²) < 4.78 is 9.46. The van der Waals surface area contributed by atoms with Crippen molar-refractivity contribution in [3.05, 3.63) is 0 Å². The van der Waals surface area contributed by atoms with Gasteiger partial charge in [-0.3, -0.25) is 9.59 Å². The summed E-state index contributed by atoms with van der Waals surface area (Å²) in [7, 11) is 5.59. The zero-order chi connectivity index (χ0) is 11.0. The fourth-order valence-corrected chi connectivity index (χ4v) is 2.05. The van der Waals surface area contributed by atoms with E-state index in [-0.39, 0.29) is 0 Å². The van der Waals surface area contributed by atoms with Crippen molar-refractivity contribution in [2.45, 2.75) is 39.5 Å². The zero-order valence-corrected chi connectivity index (χ0v) is 10.3. The molecule has 14 heavy (non-hydrogen) atoms. The third-order valence-corrected chi connectivity index (χ3v) is 2.79. The molecule has 0 N–H and O–H groups in total. The monoisotopic (exact) mass is 236 g/mol.